The standard InChI is InChI=1S/C14H28N2O2/c1-4-16-10-6-5-7-12(16)14(18)15-9-8-13(17)11(2)3/h11-13,17H,4-10H2,1-3H3,(H,15,18). The highest BCUT2D eigenvalue weighted by Crippen LogP contribution is 2.16. The van der Waals surface area contributed by atoms with Crippen LogP contribution in [0.15, 0.2) is 0 Å². The molecule has 2 atom stereocenters. The number of piperidine rings is 1. The van der Waals surface area contributed by atoms with Crippen LogP contribution in [0.1, 0.15) is 46.5 Å². The first-order chi connectivity index (χ1) is 8.56. The maximum atomic E-state index is 12.1. The van der Waals surface area contributed by atoms with Crippen molar-refractivity contribution in [3.05, 3.63) is 0 Å². The molecule has 106 valence electrons. The number of nitrogens with zero attached hydrogens (tertiary/aromatic N) is 1. The Morgan fingerprint density at radius 1 is 1.44 bits per heavy atom. The van der Waals surface area contributed by atoms with Gasteiger partial charge in [-0.15, -0.1) is 0 Å². The molecular formula is C14H28N2O2. The smallest absolute Gasteiger partial charge is 0.237 e. The number of aliphatic hydroxyl groups is 1. The van der Waals surface area contributed by atoms with Gasteiger partial charge in [0.2, 0.25) is 5.91 Å². The second-order valence-corrected chi connectivity index (χ2v) is 5.53. The zero-order valence-corrected chi connectivity index (χ0v) is 12.0. The quantitative estimate of drug-likeness (QED) is 0.755. The topological polar surface area (TPSA) is 52.6 Å². The molecule has 0 aromatic heterocycles. The van der Waals surface area contributed by atoms with Crippen molar-refractivity contribution in [2.45, 2.75) is 58.6 Å². The van der Waals surface area contributed by atoms with E-state index in [4.69, 9.17) is 0 Å². The molecule has 0 spiro atoms. The summed E-state index contributed by atoms with van der Waals surface area (Å²) in [6.45, 7) is 8.63. The first-order valence-corrected chi connectivity index (χ1v) is 7.26. The summed E-state index contributed by atoms with van der Waals surface area (Å²) >= 11 is 0. The van der Waals surface area contributed by atoms with E-state index in [1.807, 2.05) is 13.8 Å². The lowest BCUT2D eigenvalue weighted by Crippen LogP contribution is -2.49. The molecule has 18 heavy (non-hydrogen) atoms. The third-order valence-electron chi connectivity index (χ3n) is 3.83. The van der Waals surface area contributed by atoms with Crippen molar-refractivity contribution in [2.24, 2.45) is 5.92 Å². The maximum Gasteiger partial charge on any atom is 0.237 e. The Morgan fingerprint density at radius 2 is 2.17 bits per heavy atom. The number of carbonyl (C=O) groups is 1. The van der Waals surface area contributed by atoms with Gasteiger partial charge in [0.05, 0.1) is 12.1 Å². The Kier molecular flexibility index (Phi) is 6.65. The van der Waals surface area contributed by atoms with E-state index < -0.39 is 0 Å². The van der Waals surface area contributed by atoms with Gasteiger partial charge in [0.25, 0.3) is 0 Å². The van der Waals surface area contributed by atoms with Gasteiger partial charge in [-0.3, -0.25) is 9.69 Å². The zero-order valence-electron chi connectivity index (χ0n) is 12.0. The minimum atomic E-state index is -0.320. The van der Waals surface area contributed by atoms with Gasteiger partial charge in [0.15, 0.2) is 0 Å². The summed E-state index contributed by atoms with van der Waals surface area (Å²) in [5.74, 6) is 0.385. The van der Waals surface area contributed by atoms with Crippen LogP contribution < -0.4 is 5.32 Å². The van der Waals surface area contributed by atoms with Crippen molar-refractivity contribution in [3.63, 3.8) is 0 Å². The number of aliphatic hydroxyl groups excluding tert-OH is 1. The highest BCUT2D eigenvalue weighted by atomic mass is 16.3. The Morgan fingerprint density at radius 3 is 2.78 bits per heavy atom. The normalized spacial score (nSPS) is 23.1. The molecule has 1 aliphatic rings. The first-order valence-electron chi connectivity index (χ1n) is 7.26. The first kappa shape index (κ1) is 15.4. The largest absolute Gasteiger partial charge is 0.393 e. The number of nitrogens with one attached hydrogen (secondary N) is 1. The molecule has 1 amide bonds. The number of amides is 1. The van der Waals surface area contributed by atoms with E-state index in [2.05, 4.69) is 17.1 Å². The van der Waals surface area contributed by atoms with Crippen LogP contribution in [-0.4, -0.2) is 47.7 Å². The van der Waals surface area contributed by atoms with Crippen molar-refractivity contribution in [1.82, 2.24) is 10.2 Å². The Labute approximate surface area is 111 Å². The Hall–Kier alpha value is -0.610. The molecule has 1 heterocycles. The Balaban J connectivity index is 2.31. The second kappa shape index (κ2) is 7.74. The van der Waals surface area contributed by atoms with Crippen LogP contribution in [0.25, 0.3) is 0 Å². The van der Waals surface area contributed by atoms with E-state index in [9.17, 15) is 9.90 Å². The van der Waals surface area contributed by atoms with Crippen LogP contribution in [0.3, 0.4) is 0 Å². The summed E-state index contributed by atoms with van der Waals surface area (Å²) in [6.07, 6.45) is 3.63. The molecule has 1 fully saturated rings. The van der Waals surface area contributed by atoms with E-state index in [0.717, 1.165) is 25.9 Å². The molecule has 0 aromatic carbocycles. The monoisotopic (exact) mass is 256 g/mol. The van der Waals surface area contributed by atoms with Crippen molar-refractivity contribution in [1.29, 1.82) is 0 Å². The van der Waals surface area contributed by atoms with Gasteiger partial charge in [0.1, 0.15) is 0 Å². The molecule has 0 aliphatic carbocycles. The summed E-state index contributed by atoms with van der Waals surface area (Å²) in [6, 6.07) is 0.0416. The average molecular weight is 256 g/mol. The summed E-state index contributed by atoms with van der Waals surface area (Å²) in [5, 5.41) is 12.6. The lowest BCUT2D eigenvalue weighted by molar-refractivity contribution is -0.127. The van der Waals surface area contributed by atoms with Crippen LogP contribution in [-0.2, 0) is 4.79 Å². The molecule has 1 saturated heterocycles. The molecule has 0 aromatic rings. The minimum Gasteiger partial charge on any atom is -0.393 e. The van der Waals surface area contributed by atoms with E-state index in [0.29, 0.717) is 13.0 Å². The number of hydrogen-bond acceptors (Lipinski definition) is 3. The van der Waals surface area contributed by atoms with Crippen molar-refractivity contribution in [3.8, 4) is 0 Å². The van der Waals surface area contributed by atoms with Gasteiger partial charge in [0, 0.05) is 6.54 Å². The van der Waals surface area contributed by atoms with Crippen LogP contribution in [0.2, 0.25) is 0 Å². The summed E-state index contributed by atoms with van der Waals surface area (Å²) in [4.78, 5) is 14.3. The van der Waals surface area contributed by atoms with Crippen molar-refractivity contribution >= 4 is 5.91 Å². The van der Waals surface area contributed by atoms with Crippen LogP contribution in [0, 0.1) is 5.92 Å². The molecule has 4 heteroatoms. The Bertz CT molecular complexity index is 256. The lowest BCUT2D eigenvalue weighted by atomic mass is 10.0. The van der Waals surface area contributed by atoms with Gasteiger partial charge in [-0.25, -0.2) is 0 Å². The number of carbonyl (C=O) groups excluding carboxylic acids is 1. The van der Waals surface area contributed by atoms with Crippen LogP contribution >= 0.6 is 0 Å². The number of likely N-dealkylation sites (N-methyl/N-ethyl adjacent to an activating group) is 1. The maximum absolute atomic E-state index is 12.1. The van der Waals surface area contributed by atoms with Gasteiger partial charge in [-0.1, -0.05) is 27.2 Å². The van der Waals surface area contributed by atoms with E-state index >= 15 is 0 Å². The third-order valence-corrected chi connectivity index (χ3v) is 3.83. The molecule has 1 rings (SSSR count). The lowest BCUT2D eigenvalue weighted by Gasteiger charge is -2.33. The number of rotatable bonds is 6. The molecule has 1 aliphatic heterocycles. The molecular weight excluding hydrogens is 228 g/mol. The second-order valence-electron chi connectivity index (χ2n) is 5.53. The highest BCUT2D eigenvalue weighted by molar-refractivity contribution is 5.81. The summed E-state index contributed by atoms with van der Waals surface area (Å²) in [7, 11) is 0. The average Bonchev–Trinajstić information content (AvgIpc) is 2.38. The summed E-state index contributed by atoms with van der Waals surface area (Å²) in [5.41, 5.74) is 0. The highest BCUT2D eigenvalue weighted by Gasteiger charge is 2.27. The number of likely N-dealkylation sites (tertiary alicyclic amines) is 1. The van der Waals surface area contributed by atoms with Gasteiger partial charge in [-0.2, -0.15) is 0 Å². The van der Waals surface area contributed by atoms with Crippen LogP contribution in [0.5, 0.6) is 0 Å². The van der Waals surface area contributed by atoms with Crippen LogP contribution in [0.4, 0.5) is 0 Å². The van der Waals surface area contributed by atoms with Gasteiger partial charge in [-0.05, 0) is 38.3 Å². The number of hydrogen-bond donors (Lipinski definition) is 2. The molecule has 2 unspecified atom stereocenters. The molecule has 0 saturated carbocycles. The SMILES string of the molecule is CCN1CCCCC1C(=O)NCCC(O)C(C)C. The fourth-order valence-corrected chi connectivity index (χ4v) is 2.46. The van der Waals surface area contributed by atoms with E-state index in [-0.39, 0.29) is 24.0 Å². The van der Waals surface area contributed by atoms with Gasteiger partial charge < -0.3 is 10.4 Å². The van der Waals surface area contributed by atoms with Crippen molar-refractivity contribution < 1.29 is 9.90 Å². The predicted octanol–water partition coefficient (Wildman–Crippen LogP) is 1.38. The minimum absolute atomic E-state index is 0.0416. The van der Waals surface area contributed by atoms with E-state index in [1.54, 1.807) is 0 Å². The molecule has 0 radical (unpaired) electrons. The third kappa shape index (κ3) is 4.58. The van der Waals surface area contributed by atoms with E-state index in [1.165, 1.54) is 6.42 Å². The summed E-state index contributed by atoms with van der Waals surface area (Å²) < 4.78 is 0. The fraction of sp³-hybridized carbons (Fsp3) is 0.929. The predicted molar refractivity (Wildman–Crippen MR) is 73.4 cm³/mol. The molecule has 2 N–H and O–H groups in total. The molecule has 4 nitrogen and oxygen atoms in total. The molecule has 0 bridgehead atoms. The van der Waals surface area contributed by atoms with Crippen molar-refractivity contribution in [2.75, 3.05) is 19.6 Å². The zero-order chi connectivity index (χ0) is 13.5. The fourth-order valence-electron chi connectivity index (χ4n) is 2.46. The van der Waals surface area contributed by atoms with Gasteiger partial charge >= 0.3 is 0 Å².